The van der Waals surface area contributed by atoms with Gasteiger partial charge in [-0.05, 0) is 17.3 Å². The van der Waals surface area contributed by atoms with Gasteiger partial charge in [0.2, 0.25) is 5.70 Å². The zero-order valence-electron chi connectivity index (χ0n) is 7.35. The van der Waals surface area contributed by atoms with Crippen LogP contribution in [0.15, 0.2) is 39.6 Å². The highest BCUT2D eigenvalue weighted by Crippen LogP contribution is 2.19. The molecule has 0 spiro atoms. The van der Waals surface area contributed by atoms with Gasteiger partial charge in [-0.2, -0.15) is 0 Å². The minimum absolute atomic E-state index is 0.218. The van der Waals surface area contributed by atoms with Crippen molar-refractivity contribution in [1.29, 1.82) is 0 Å². The Morgan fingerprint density at radius 1 is 1.20 bits per heavy atom. The molecule has 0 unspecified atom stereocenters. The Hall–Kier alpha value is -1.69. The van der Waals surface area contributed by atoms with Gasteiger partial charge in [-0.3, -0.25) is 0 Å². The number of halogens is 1. The van der Waals surface area contributed by atoms with E-state index >= 15 is 0 Å². The molecule has 0 bridgehead atoms. The molecule has 0 saturated carbocycles. The Bertz CT molecular complexity index is 424. The van der Waals surface area contributed by atoms with Crippen LogP contribution < -0.4 is 0 Å². The summed E-state index contributed by atoms with van der Waals surface area (Å²) in [7, 11) is 0. The van der Waals surface area contributed by atoms with Gasteiger partial charge in [0.05, 0.1) is 0 Å². The molecule has 1 aromatic rings. The van der Waals surface area contributed by atoms with Gasteiger partial charge in [0.1, 0.15) is 0 Å². The third kappa shape index (κ3) is 2.63. The molecule has 1 aromatic carbocycles. The normalized spacial score (nSPS) is 11.8. The maximum Gasteiger partial charge on any atom is 0.362 e. The highest BCUT2D eigenvalue weighted by atomic mass is 79.9. The molecule has 0 heterocycles. The first-order valence-electron chi connectivity index (χ1n) is 3.82. The Balaban J connectivity index is 3.22. The number of rotatable bonds is 3. The fourth-order valence-corrected chi connectivity index (χ4v) is 1.19. The fourth-order valence-electron chi connectivity index (χ4n) is 0.928. The third-order valence-corrected chi connectivity index (χ3v) is 2.16. The van der Waals surface area contributed by atoms with E-state index in [0.29, 0.717) is 0 Å². The van der Waals surface area contributed by atoms with Crippen LogP contribution in [0.1, 0.15) is 5.56 Å². The second kappa shape index (κ2) is 4.70. The summed E-state index contributed by atoms with van der Waals surface area (Å²) in [5.74, 6) is -2.21. The van der Waals surface area contributed by atoms with E-state index in [9.17, 15) is 14.8 Å². The number of carboxylic acids is 1. The lowest BCUT2D eigenvalue weighted by Crippen LogP contribution is -2.01. The second-order valence-corrected chi connectivity index (χ2v) is 3.52. The van der Waals surface area contributed by atoms with E-state index in [2.05, 4.69) is 21.1 Å². The lowest BCUT2D eigenvalue weighted by Gasteiger charge is -2.00. The van der Waals surface area contributed by atoms with Crippen molar-refractivity contribution in [1.82, 2.24) is 0 Å². The largest absolute Gasteiger partial charge is 0.505 e. The van der Waals surface area contributed by atoms with Crippen molar-refractivity contribution in [2.45, 2.75) is 0 Å². The van der Waals surface area contributed by atoms with Crippen LogP contribution in [0.4, 0.5) is 0 Å². The van der Waals surface area contributed by atoms with Crippen molar-refractivity contribution in [3.05, 3.63) is 44.9 Å². The minimum atomic E-state index is -1.56. The number of hydrogen-bond acceptors (Lipinski definition) is 4. The molecular formula is C9H6BrNO4. The molecule has 6 heteroatoms. The minimum Gasteiger partial charge on any atom is -0.505 e. The van der Waals surface area contributed by atoms with Crippen LogP contribution in [0.25, 0.3) is 5.76 Å². The van der Waals surface area contributed by atoms with Crippen LogP contribution in [0.5, 0.6) is 0 Å². The molecule has 0 fully saturated rings. The van der Waals surface area contributed by atoms with Crippen molar-refractivity contribution < 1.29 is 15.0 Å². The Morgan fingerprint density at radius 3 is 2.13 bits per heavy atom. The first kappa shape index (κ1) is 11.4. The van der Waals surface area contributed by atoms with E-state index in [1.807, 2.05) is 0 Å². The topological polar surface area (TPSA) is 87.0 Å². The molecule has 15 heavy (non-hydrogen) atoms. The van der Waals surface area contributed by atoms with Gasteiger partial charge in [0.15, 0.2) is 5.76 Å². The number of aliphatic hydroxyl groups is 1. The maximum atomic E-state index is 10.5. The zero-order chi connectivity index (χ0) is 11.4. The van der Waals surface area contributed by atoms with E-state index in [1.165, 1.54) is 12.1 Å². The zero-order valence-corrected chi connectivity index (χ0v) is 8.93. The van der Waals surface area contributed by atoms with Crippen molar-refractivity contribution in [2.75, 3.05) is 0 Å². The van der Waals surface area contributed by atoms with Gasteiger partial charge < -0.3 is 10.2 Å². The summed E-state index contributed by atoms with van der Waals surface area (Å²) in [5.41, 5.74) is -0.687. The van der Waals surface area contributed by atoms with Crippen LogP contribution >= 0.6 is 15.9 Å². The molecule has 5 nitrogen and oxygen atoms in total. The van der Waals surface area contributed by atoms with Gasteiger partial charge >= 0.3 is 5.97 Å². The quantitative estimate of drug-likeness (QED) is 0.502. The molecule has 1 rings (SSSR count). The van der Waals surface area contributed by atoms with Gasteiger partial charge in [-0.1, -0.05) is 28.1 Å². The first-order valence-corrected chi connectivity index (χ1v) is 4.61. The van der Waals surface area contributed by atoms with Crippen LogP contribution in [-0.4, -0.2) is 16.2 Å². The summed E-state index contributed by atoms with van der Waals surface area (Å²) < 4.78 is 0.773. The molecule has 0 aromatic heterocycles. The summed E-state index contributed by atoms with van der Waals surface area (Å²) in [6.07, 6.45) is 0. The fraction of sp³-hybridized carbons (Fsp3) is 0. The standard InChI is InChI=1S/C9H6BrNO4/c10-6-3-1-5(2-4-6)8(12)7(11-15)9(13)14/h1-4,12H,(H,13,14). The summed E-state index contributed by atoms with van der Waals surface area (Å²) >= 11 is 3.18. The summed E-state index contributed by atoms with van der Waals surface area (Å²) in [6.45, 7) is 0. The molecule has 2 N–H and O–H groups in total. The number of benzene rings is 1. The lowest BCUT2D eigenvalue weighted by molar-refractivity contribution is -0.132. The molecule has 0 amide bonds. The van der Waals surface area contributed by atoms with Crippen molar-refractivity contribution >= 4 is 27.7 Å². The highest BCUT2D eigenvalue weighted by molar-refractivity contribution is 9.10. The molecule has 0 aliphatic carbocycles. The monoisotopic (exact) mass is 271 g/mol. The number of nitroso groups, excluding NO2 is 1. The van der Waals surface area contributed by atoms with Crippen LogP contribution in [0.2, 0.25) is 0 Å². The number of carboxylic acid groups (broad SMARTS) is 1. The Morgan fingerprint density at radius 2 is 1.73 bits per heavy atom. The SMILES string of the molecule is O=NC(C(=O)O)=C(O)c1ccc(Br)cc1. The van der Waals surface area contributed by atoms with Crippen molar-refractivity contribution in [3.8, 4) is 0 Å². The van der Waals surface area contributed by atoms with E-state index in [-0.39, 0.29) is 5.56 Å². The summed E-state index contributed by atoms with van der Waals surface area (Å²) in [6, 6.07) is 6.15. The summed E-state index contributed by atoms with van der Waals surface area (Å²) in [5, 5.41) is 20.2. The van der Waals surface area contributed by atoms with Crippen LogP contribution in [0.3, 0.4) is 0 Å². The van der Waals surface area contributed by atoms with Gasteiger partial charge in [0.25, 0.3) is 0 Å². The summed E-state index contributed by atoms with van der Waals surface area (Å²) in [4.78, 5) is 20.7. The predicted molar refractivity (Wildman–Crippen MR) is 57.1 cm³/mol. The van der Waals surface area contributed by atoms with E-state index in [0.717, 1.165) is 4.47 Å². The smallest absolute Gasteiger partial charge is 0.362 e. The average Bonchev–Trinajstić information content (AvgIpc) is 2.19. The average molecular weight is 272 g/mol. The van der Waals surface area contributed by atoms with Crippen LogP contribution in [0, 0.1) is 4.91 Å². The number of aliphatic hydroxyl groups excluding tert-OH is 1. The highest BCUT2D eigenvalue weighted by Gasteiger charge is 2.16. The molecule has 0 atom stereocenters. The molecule has 0 radical (unpaired) electrons. The molecule has 78 valence electrons. The van der Waals surface area contributed by atoms with E-state index in [1.54, 1.807) is 12.1 Å². The Kier molecular flexibility index (Phi) is 3.56. The van der Waals surface area contributed by atoms with Gasteiger partial charge in [-0.15, -0.1) is 4.91 Å². The number of hydrogen-bond donors (Lipinski definition) is 2. The van der Waals surface area contributed by atoms with Crippen molar-refractivity contribution in [3.63, 3.8) is 0 Å². The Labute approximate surface area is 93.1 Å². The van der Waals surface area contributed by atoms with Gasteiger partial charge in [0, 0.05) is 10.0 Å². The molecule has 0 aliphatic heterocycles. The lowest BCUT2D eigenvalue weighted by atomic mass is 10.1. The van der Waals surface area contributed by atoms with Crippen molar-refractivity contribution in [2.24, 2.45) is 5.18 Å². The molecular weight excluding hydrogens is 266 g/mol. The number of carbonyl (C=O) groups is 1. The van der Waals surface area contributed by atoms with Crippen LogP contribution in [-0.2, 0) is 4.79 Å². The van der Waals surface area contributed by atoms with E-state index < -0.39 is 17.4 Å². The molecule has 0 aliphatic rings. The third-order valence-electron chi connectivity index (χ3n) is 1.64. The second-order valence-electron chi connectivity index (χ2n) is 2.60. The predicted octanol–water partition coefficient (Wildman–Crippen LogP) is 2.53. The van der Waals surface area contributed by atoms with Gasteiger partial charge in [-0.25, -0.2) is 4.79 Å². The molecule has 0 saturated heterocycles. The first-order chi connectivity index (χ1) is 7.06. The number of aliphatic carboxylic acids is 1. The maximum absolute atomic E-state index is 10.5. The number of nitrogens with zero attached hydrogens (tertiary/aromatic N) is 1. The van der Waals surface area contributed by atoms with E-state index in [4.69, 9.17) is 5.11 Å².